The molecule has 0 saturated heterocycles. The van der Waals surface area contributed by atoms with Crippen molar-refractivity contribution in [2.45, 2.75) is 19.1 Å². The molecule has 0 aliphatic carbocycles. The number of aryl methyl sites for hydroxylation is 1. The fraction of sp³-hybridized carbons (Fsp3) is 0.150. The topological polar surface area (TPSA) is 95.1 Å². The van der Waals surface area contributed by atoms with Crippen molar-refractivity contribution in [1.82, 2.24) is 15.3 Å². The number of benzene rings is 2. The van der Waals surface area contributed by atoms with Crippen LogP contribution in [0.3, 0.4) is 0 Å². The maximum atomic E-state index is 13.5. The minimum Gasteiger partial charge on any atom is -0.501 e. The number of halogens is 3. The molecule has 0 aliphatic rings. The van der Waals surface area contributed by atoms with Gasteiger partial charge >= 0.3 is 6.18 Å². The van der Waals surface area contributed by atoms with Gasteiger partial charge in [0.25, 0.3) is 11.5 Å². The second-order valence-corrected chi connectivity index (χ2v) is 6.34. The Kier molecular flexibility index (Phi) is 5.40. The fourth-order valence-electron chi connectivity index (χ4n) is 2.67. The molecule has 3 N–H and O–H groups in total. The lowest BCUT2D eigenvalue weighted by molar-refractivity contribution is -0.155. The smallest absolute Gasteiger partial charge is 0.412 e. The quantitative estimate of drug-likeness (QED) is 0.622. The van der Waals surface area contributed by atoms with Crippen LogP contribution in [0.4, 0.5) is 13.2 Å². The lowest BCUT2D eigenvalue weighted by atomic mass is 10.1. The molecule has 1 atom stereocenters. The molecular formula is C20H16F3N3O3. The SMILES string of the molecule is Cc1ccc(-c2nc(C(=O)NC(c3ccccc3)C(F)(F)F)c(O)c(=O)[nH]2)cc1. The number of alkyl halides is 3. The summed E-state index contributed by atoms with van der Waals surface area (Å²) in [4.78, 5) is 30.7. The molecule has 9 heteroatoms. The number of hydrogen-bond acceptors (Lipinski definition) is 4. The van der Waals surface area contributed by atoms with Gasteiger partial charge in [0.15, 0.2) is 11.7 Å². The normalized spacial score (nSPS) is 12.4. The highest BCUT2D eigenvalue weighted by atomic mass is 19.4. The number of aromatic nitrogens is 2. The Hall–Kier alpha value is -3.62. The highest BCUT2D eigenvalue weighted by Crippen LogP contribution is 2.33. The number of carbonyl (C=O) groups excluding carboxylic acids is 1. The Balaban J connectivity index is 1.99. The number of aromatic amines is 1. The first-order valence-electron chi connectivity index (χ1n) is 8.49. The molecule has 1 unspecified atom stereocenters. The predicted molar refractivity (Wildman–Crippen MR) is 99.4 cm³/mol. The van der Waals surface area contributed by atoms with Crippen molar-refractivity contribution < 1.29 is 23.1 Å². The van der Waals surface area contributed by atoms with Crippen LogP contribution < -0.4 is 10.9 Å². The molecule has 6 nitrogen and oxygen atoms in total. The van der Waals surface area contributed by atoms with E-state index in [1.54, 1.807) is 29.6 Å². The molecule has 0 bridgehead atoms. The Morgan fingerprint density at radius 3 is 2.31 bits per heavy atom. The van der Waals surface area contributed by atoms with Gasteiger partial charge in [-0.2, -0.15) is 13.2 Å². The van der Waals surface area contributed by atoms with Gasteiger partial charge in [-0.05, 0) is 12.5 Å². The number of H-pyrrole nitrogens is 1. The van der Waals surface area contributed by atoms with Crippen molar-refractivity contribution in [3.05, 3.63) is 81.8 Å². The Morgan fingerprint density at radius 2 is 1.72 bits per heavy atom. The lowest BCUT2D eigenvalue weighted by Crippen LogP contribution is -2.39. The number of rotatable bonds is 4. The standard InChI is InChI=1S/C20H16F3N3O3/c1-11-7-9-13(10-8-11)17-24-14(15(27)19(29)26-17)18(28)25-16(20(21,22)23)12-5-3-2-4-6-12/h2-10,16,27H,1H3,(H,25,28)(H,24,26,29). The van der Waals surface area contributed by atoms with E-state index in [2.05, 4.69) is 9.97 Å². The Labute approximate surface area is 163 Å². The van der Waals surface area contributed by atoms with Gasteiger partial charge in [0.1, 0.15) is 5.82 Å². The van der Waals surface area contributed by atoms with Gasteiger partial charge in [0, 0.05) is 5.56 Å². The summed E-state index contributed by atoms with van der Waals surface area (Å²) in [6.07, 6.45) is -4.80. The van der Waals surface area contributed by atoms with E-state index in [0.717, 1.165) is 5.56 Å². The number of nitrogens with one attached hydrogen (secondary N) is 2. The number of hydrogen-bond donors (Lipinski definition) is 3. The monoisotopic (exact) mass is 403 g/mol. The largest absolute Gasteiger partial charge is 0.501 e. The first-order chi connectivity index (χ1) is 13.7. The van der Waals surface area contributed by atoms with Gasteiger partial charge in [0.2, 0.25) is 5.75 Å². The van der Waals surface area contributed by atoms with Crippen LogP contribution in [-0.4, -0.2) is 27.2 Å². The van der Waals surface area contributed by atoms with E-state index < -0.39 is 35.1 Å². The third-order valence-electron chi connectivity index (χ3n) is 4.17. The highest BCUT2D eigenvalue weighted by molar-refractivity contribution is 5.95. The van der Waals surface area contributed by atoms with Crippen molar-refractivity contribution in [3.8, 4) is 17.1 Å². The first kappa shape index (κ1) is 20.1. The second kappa shape index (κ2) is 7.78. The van der Waals surface area contributed by atoms with Crippen molar-refractivity contribution >= 4 is 5.91 Å². The molecular weight excluding hydrogens is 387 g/mol. The molecule has 0 spiro atoms. The summed E-state index contributed by atoms with van der Waals surface area (Å²) < 4.78 is 40.4. The second-order valence-electron chi connectivity index (χ2n) is 6.34. The predicted octanol–water partition coefficient (Wildman–Crippen LogP) is 3.48. The molecule has 1 aromatic heterocycles. The summed E-state index contributed by atoms with van der Waals surface area (Å²) in [5.41, 5.74) is -0.671. The van der Waals surface area contributed by atoms with Crippen LogP contribution >= 0.6 is 0 Å². The van der Waals surface area contributed by atoms with Crippen LogP contribution in [0.25, 0.3) is 11.4 Å². The summed E-state index contributed by atoms with van der Waals surface area (Å²) in [6, 6.07) is 11.1. The van der Waals surface area contributed by atoms with Gasteiger partial charge in [0.05, 0.1) is 0 Å². The molecule has 0 saturated carbocycles. The summed E-state index contributed by atoms with van der Waals surface area (Å²) in [6.45, 7) is 1.84. The number of nitrogens with zero attached hydrogens (tertiary/aromatic N) is 1. The molecule has 29 heavy (non-hydrogen) atoms. The van der Waals surface area contributed by atoms with Crippen molar-refractivity contribution in [2.24, 2.45) is 0 Å². The summed E-state index contributed by atoms with van der Waals surface area (Å²) in [7, 11) is 0. The maximum Gasteiger partial charge on any atom is 0.412 e. The van der Waals surface area contributed by atoms with Crippen LogP contribution in [-0.2, 0) is 0 Å². The number of amides is 1. The van der Waals surface area contributed by atoms with Crippen LogP contribution in [0.2, 0.25) is 0 Å². The average Bonchev–Trinajstić information content (AvgIpc) is 2.68. The number of aromatic hydroxyl groups is 1. The van der Waals surface area contributed by atoms with Gasteiger partial charge in [-0.3, -0.25) is 9.59 Å². The highest BCUT2D eigenvalue weighted by Gasteiger charge is 2.42. The van der Waals surface area contributed by atoms with Crippen LogP contribution in [0, 0.1) is 6.92 Å². The maximum absolute atomic E-state index is 13.5. The average molecular weight is 403 g/mol. The van der Waals surface area contributed by atoms with Gasteiger partial charge in [-0.1, -0.05) is 60.2 Å². The van der Waals surface area contributed by atoms with Crippen molar-refractivity contribution in [2.75, 3.05) is 0 Å². The fourth-order valence-corrected chi connectivity index (χ4v) is 2.67. The third kappa shape index (κ3) is 4.45. The first-order valence-corrected chi connectivity index (χ1v) is 8.49. The molecule has 3 rings (SSSR count). The minimum atomic E-state index is -4.80. The number of carbonyl (C=O) groups is 1. The molecule has 0 radical (unpaired) electrons. The zero-order valence-corrected chi connectivity index (χ0v) is 15.1. The summed E-state index contributed by atoms with van der Waals surface area (Å²) >= 11 is 0. The van der Waals surface area contributed by atoms with Crippen molar-refractivity contribution in [3.63, 3.8) is 0 Å². The van der Waals surface area contributed by atoms with E-state index in [9.17, 15) is 27.9 Å². The lowest BCUT2D eigenvalue weighted by Gasteiger charge is -2.22. The van der Waals surface area contributed by atoms with E-state index in [1.807, 2.05) is 6.92 Å². The van der Waals surface area contributed by atoms with Crippen LogP contribution in [0.15, 0.2) is 59.4 Å². The Morgan fingerprint density at radius 1 is 1.10 bits per heavy atom. The third-order valence-corrected chi connectivity index (χ3v) is 4.17. The van der Waals surface area contributed by atoms with E-state index in [0.29, 0.717) is 5.56 Å². The summed E-state index contributed by atoms with van der Waals surface area (Å²) in [5, 5.41) is 11.7. The van der Waals surface area contributed by atoms with Gasteiger partial charge in [-0.15, -0.1) is 0 Å². The Bertz CT molecular complexity index is 1080. The molecule has 1 amide bonds. The van der Waals surface area contributed by atoms with Gasteiger partial charge < -0.3 is 15.4 Å². The zero-order valence-electron chi connectivity index (χ0n) is 15.1. The minimum absolute atomic E-state index is 0.0544. The van der Waals surface area contributed by atoms with E-state index in [1.165, 1.54) is 30.3 Å². The molecule has 2 aromatic carbocycles. The van der Waals surface area contributed by atoms with E-state index in [-0.39, 0.29) is 11.4 Å². The zero-order chi connectivity index (χ0) is 21.2. The molecule has 0 aliphatic heterocycles. The van der Waals surface area contributed by atoms with E-state index in [4.69, 9.17) is 0 Å². The molecule has 3 aromatic rings. The van der Waals surface area contributed by atoms with Crippen LogP contribution in [0.5, 0.6) is 5.75 Å². The molecule has 1 heterocycles. The van der Waals surface area contributed by atoms with E-state index >= 15 is 0 Å². The summed E-state index contributed by atoms with van der Waals surface area (Å²) in [5.74, 6) is -2.44. The van der Waals surface area contributed by atoms with Gasteiger partial charge in [-0.25, -0.2) is 4.98 Å². The van der Waals surface area contributed by atoms with Crippen LogP contribution in [0.1, 0.15) is 27.7 Å². The molecule has 0 fully saturated rings. The molecule has 150 valence electrons. The van der Waals surface area contributed by atoms with Crippen molar-refractivity contribution in [1.29, 1.82) is 0 Å².